The third kappa shape index (κ3) is 5.94. The highest BCUT2D eigenvalue weighted by Gasteiger charge is 2.18. The van der Waals surface area contributed by atoms with Crippen molar-refractivity contribution in [1.82, 2.24) is 24.9 Å². The minimum absolute atomic E-state index is 0.596. The van der Waals surface area contributed by atoms with E-state index < -0.39 is 0 Å². The second-order valence-corrected chi connectivity index (χ2v) is 14.6. The first-order valence-corrected chi connectivity index (χ1v) is 19.4. The SMILES string of the molecule is c1ccc(-c2nc(-c3ccc(-c4cncnc4)cc3)nc(-c3cc(-c4cc5ccccc5c5ccccc45)cc(-c4cc5ccccc5c5ccccc45)c3)n2)cc1. The van der Waals surface area contributed by atoms with Crippen LogP contribution in [-0.2, 0) is 0 Å². The van der Waals surface area contributed by atoms with Crippen LogP contribution in [0, 0.1) is 0 Å². The van der Waals surface area contributed by atoms with Gasteiger partial charge in [-0.25, -0.2) is 24.9 Å². The Morgan fingerprint density at radius 3 is 1.19 bits per heavy atom. The maximum Gasteiger partial charge on any atom is 0.164 e. The van der Waals surface area contributed by atoms with Crippen LogP contribution in [-0.4, -0.2) is 24.9 Å². The summed E-state index contributed by atoms with van der Waals surface area (Å²) in [4.78, 5) is 24.0. The monoisotopic (exact) mass is 739 g/mol. The fraction of sp³-hybridized carbons (Fsp3) is 0. The normalized spacial score (nSPS) is 11.4. The maximum atomic E-state index is 5.25. The summed E-state index contributed by atoms with van der Waals surface area (Å²) in [5, 5.41) is 9.68. The molecule has 0 radical (unpaired) electrons. The fourth-order valence-electron chi connectivity index (χ4n) is 8.26. The van der Waals surface area contributed by atoms with Gasteiger partial charge in [-0.1, -0.05) is 152 Å². The van der Waals surface area contributed by atoms with Crippen LogP contribution in [0.15, 0.2) is 201 Å². The van der Waals surface area contributed by atoms with Gasteiger partial charge in [0.2, 0.25) is 0 Å². The molecule has 270 valence electrons. The smallest absolute Gasteiger partial charge is 0.164 e. The summed E-state index contributed by atoms with van der Waals surface area (Å²) in [6.45, 7) is 0. The van der Waals surface area contributed by atoms with Gasteiger partial charge in [0.1, 0.15) is 6.33 Å². The fourth-order valence-corrected chi connectivity index (χ4v) is 8.26. The summed E-state index contributed by atoms with van der Waals surface area (Å²) >= 11 is 0. The highest BCUT2D eigenvalue weighted by Crippen LogP contribution is 2.42. The molecule has 11 aromatic rings. The van der Waals surface area contributed by atoms with Crippen LogP contribution in [0.25, 0.3) is 111 Å². The Balaban J connectivity index is 1.18. The molecule has 0 N–H and O–H groups in total. The van der Waals surface area contributed by atoms with E-state index in [0.717, 1.165) is 50.1 Å². The van der Waals surface area contributed by atoms with E-state index in [2.05, 4.69) is 162 Å². The molecule has 0 fully saturated rings. The molecule has 58 heavy (non-hydrogen) atoms. The van der Waals surface area contributed by atoms with Gasteiger partial charge in [0.05, 0.1) is 0 Å². The predicted molar refractivity (Wildman–Crippen MR) is 238 cm³/mol. The topological polar surface area (TPSA) is 64.5 Å². The zero-order valence-corrected chi connectivity index (χ0v) is 31.3. The van der Waals surface area contributed by atoms with Gasteiger partial charge in [0.25, 0.3) is 0 Å². The zero-order chi connectivity index (χ0) is 38.4. The molecule has 0 bridgehead atoms. The maximum absolute atomic E-state index is 5.25. The van der Waals surface area contributed by atoms with Gasteiger partial charge < -0.3 is 0 Å². The summed E-state index contributed by atoms with van der Waals surface area (Å²) in [6, 6.07) is 64.6. The molecular weight excluding hydrogens is 707 g/mol. The Kier molecular flexibility index (Phi) is 8.07. The van der Waals surface area contributed by atoms with E-state index in [1.807, 2.05) is 42.7 Å². The van der Waals surface area contributed by atoms with Crippen LogP contribution in [0.2, 0.25) is 0 Å². The Bertz CT molecular complexity index is 3190. The summed E-state index contributed by atoms with van der Waals surface area (Å²) < 4.78 is 0. The lowest BCUT2D eigenvalue weighted by Gasteiger charge is -2.16. The molecule has 5 heteroatoms. The van der Waals surface area contributed by atoms with Crippen molar-refractivity contribution < 1.29 is 0 Å². The number of nitrogens with zero attached hydrogens (tertiary/aromatic N) is 5. The van der Waals surface area contributed by atoms with Crippen LogP contribution in [0.5, 0.6) is 0 Å². The van der Waals surface area contributed by atoms with Crippen LogP contribution >= 0.6 is 0 Å². The lowest BCUT2D eigenvalue weighted by atomic mass is 9.88. The quantitative estimate of drug-likeness (QED) is 0.159. The van der Waals surface area contributed by atoms with Crippen LogP contribution in [0.4, 0.5) is 0 Å². The van der Waals surface area contributed by atoms with Crippen molar-refractivity contribution in [2.24, 2.45) is 0 Å². The molecular formula is C53H33N5. The van der Waals surface area contributed by atoms with Gasteiger partial charge in [0, 0.05) is 34.6 Å². The van der Waals surface area contributed by atoms with E-state index in [1.54, 1.807) is 6.33 Å². The minimum Gasteiger partial charge on any atom is -0.244 e. The Labute approximate surface area is 335 Å². The standard InChI is InChI=1S/C53H33N5/c1-2-12-35(13-3-1)51-56-52(36-24-22-34(23-25-36)42-31-54-33-55-32-42)58-53(57-51)41-27-39(49-29-37-14-4-6-16-43(37)45-18-8-10-20-47(45)49)26-40(28-41)50-30-38-15-5-7-17-44(38)46-19-9-11-21-48(46)50/h1-33H. The number of hydrogen-bond acceptors (Lipinski definition) is 5. The molecule has 0 amide bonds. The lowest BCUT2D eigenvalue weighted by molar-refractivity contribution is 1.07. The van der Waals surface area contributed by atoms with Crippen molar-refractivity contribution in [2.45, 2.75) is 0 Å². The van der Waals surface area contributed by atoms with Crippen molar-refractivity contribution >= 4 is 43.1 Å². The largest absolute Gasteiger partial charge is 0.244 e. The zero-order valence-electron chi connectivity index (χ0n) is 31.3. The Hall–Kier alpha value is -7.89. The Morgan fingerprint density at radius 1 is 0.259 bits per heavy atom. The highest BCUT2D eigenvalue weighted by atomic mass is 15.0. The van der Waals surface area contributed by atoms with Gasteiger partial charge in [-0.05, 0) is 101 Å². The third-order valence-electron chi connectivity index (χ3n) is 11.1. The molecule has 2 heterocycles. The first-order chi connectivity index (χ1) is 28.7. The van der Waals surface area contributed by atoms with Crippen LogP contribution in [0.3, 0.4) is 0 Å². The molecule has 9 aromatic carbocycles. The Morgan fingerprint density at radius 2 is 0.655 bits per heavy atom. The second kappa shape index (κ2) is 14.0. The van der Waals surface area contributed by atoms with Crippen molar-refractivity contribution in [2.75, 3.05) is 0 Å². The first-order valence-electron chi connectivity index (χ1n) is 19.4. The van der Waals surface area contributed by atoms with Gasteiger partial charge >= 0.3 is 0 Å². The van der Waals surface area contributed by atoms with Crippen molar-refractivity contribution in [3.63, 3.8) is 0 Å². The molecule has 0 atom stereocenters. The number of hydrogen-bond donors (Lipinski definition) is 0. The number of rotatable bonds is 6. The average Bonchev–Trinajstić information content (AvgIpc) is 3.31. The van der Waals surface area contributed by atoms with E-state index in [9.17, 15) is 0 Å². The van der Waals surface area contributed by atoms with Gasteiger partial charge in [-0.3, -0.25) is 0 Å². The molecule has 0 saturated heterocycles. The lowest BCUT2D eigenvalue weighted by Crippen LogP contribution is -2.01. The van der Waals surface area contributed by atoms with Crippen molar-refractivity contribution in [3.8, 4) is 67.5 Å². The summed E-state index contributed by atoms with van der Waals surface area (Å²) in [6.07, 6.45) is 5.18. The number of benzene rings is 9. The van der Waals surface area contributed by atoms with Crippen molar-refractivity contribution in [1.29, 1.82) is 0 Å². The van der Waals surface area contributed by atoms with Gasteiger partial charge in [-0.15, -0.1) is 0 Å². The van der Waals surface area contributed by atoms with Crippen molar-refractivity contribution in [3.05, 3.63) is 201 Å². The molecule has 0 aliphatic rings. The molecule has 0 saturated carbocycles. The van der Waals surface area contributed by atoms with E-state index in [4.69, 9.17) is 15.0 Å². The molecule has 5 nitrogen and oxygen atoms in total. The summed E-state index contributed by atoms with van der Waals surface area (Å²) in [5.41, 5.74) is 9.16. The first kappa shape index (κ1) is 33.4. The summed E-state index contributed by atoms with van der Waals surface area (Å²) in [5.74, 6) is 1.81. The van der Waals surface area contributed by atoms with E-state index in [-0.39, 0.29) is 0 Å². The molecule has 0 aliphatic heterocycles. The number of aromatic nitrogens is 5. The van der Waals surface area contributed by atoms with Gasteiger partial charge in [-0.2, -0.15) is 0 Å². The molecule has 2 aromatic heterocycles. The second-order valence-electron chi connectivity index (χ2n) is 14.6. The van der Waals surface area contributed by atoms with Gasteiger partial charge in [0.15, 0.2) is 17.5 Å². The molecule has 0 unspecified atom stereocenters. The minimum atomic E-state index is 0.596. The van der Waals surface area contributed by atoms with E-state index in [0.29, 0.717) is 17.5 Å². The third-order valence-corrected chi connectivity index (χ3v) is 11.1. The number of fused-ring (bicyclic) bond motifs is 6. The van der Waals surface area contributed by atoms with E-state index in [1.165, 1.54) is 43.1 Å². The molecule has 11 rings (SSSR count). The van der Waals surface area contributed by atoms with Crippen LogP contribution in [0.1, 0.15) is 0 Å². The molecule has 0 aliphatic carbocycles. The molecule has 0 spiro atoms. The average molecular weight is 740 g/mol. The predicted octanol–water partition coefficient (Wildman–Crippen LogP) is 13.3. The van der Waals surface area contributed by atoms with E-state index >= 15 is 0 Å². The summed E-state index contributed by atoms with van der Waals surface area (Å²) in [7, 11) is 0. The van der Waals surface area contributed by atoms with Crippen LogP contribution < -0.4 is 0 Å². The highest BCUT2D eigenvalue weighted by molar-refractivity contribution is 6.16.